The maximum Gasteiger partial charge on any atom is 0.123 e. The molecule has 2 aromatic rings. The number of hydrogen-bond acceptors (Lipinski definition) is 2. The van der Waals surface area contributed by atoms with E-state index in [1.165, 1.54) is 15.2 Å². The first-order valence-corrected chi connectivity index (χ1v) is 7.62. The predicted octanol–water partition coefficient (Wildman–Crippen LogP) is 5.44. The normalized spacial score (nSPS) is 10.7. The Morgan fingerprint density at radius 3 is 2.78 bits per heavy atom. The fourth-order valence-corrected chi connectivity index (χ4v) is 4.16. The van der Waals surface area contributed by atoms with E-state index < -0.39 is 0 Å². The molecule has 0 aliphatic rings. The van der Waals surface area contributed by atoms with Crippen molar-refractivity contribution in [1.29, 1.82) is 0 Å². The molecule has 0 unspecified atom stereocenters. The van der Waals surface area contributed by atoms with E-state index in [9.17, 15) is 4.39 Å². The highest BCUT2D eigenvalue weighted by Crippen LogP contribution is 2.39. The zero-order valence-corrected chi connectivity index (χ0v) is 11.7. The van der Waals surface area contributed by atoms with Gasteiger partial charge in [-0.3, -0.25) is 0 Å². The van der Waals surface area contributed by atoms with Gasteiger partial charge in [0.2, 0.25) is 0 Å². The first-order valence-electron chi connectivity index (χ1n) is 5.81. The van der Waals surface area contributed by atoms with E-state index in [1.807, 2.05) is 18.2 Å². The minimum Gasteiger partial charge on any atom is -0.207 e. The topological polar surface area (TPSA) is 0 Å². The summed E-state index contributed by atoms with van der Waals surface area (Å²) in [5.74, 6) is 0.717. The van der Waals surface area contributed by atoms with Crippen LogP contribution >= 0.6 is 23.1 Å². The molecular weight excluding hydrogens is 263 g/mol. The molecule has 94 valence electrons. The van der Waals surface area contributed by atoms with Gasteiger partial charge in [-0.1, -0.05) is 12.2 Å². The van der Waals surface area contributed by atoms with Gasteiger partial charge in [0.25, 0.3) is 0 Å². The Balaban J connectivity index is 2.44. The van der Waals surface area contributed by atoms with Gasteiger partial charge in [0.05, 0.1) is 4.21 Å². The summed E-state index contributed by atoms with van der Waals surface area (Å²) < 4.78 is 14.6. The summed E-state index contributed by atoms with van der Waals surface area (Å²) >= 11 is 3.52. The summed E-state index contributed by atoms with van der Waals surface area (Å²) in [7, 11) is 0. The van der Waals surface area contributed by atoms with Crippen LogP contribution in [0, 0.1) is 5.82 Å². The van der Waals surface area contributed by atoms with Crippen LogP contribution in [0.1, 0.15) is 11.3 Å². The van der Waals surface area contributed by atoms with Crippen LogP contribution in [0.2, 0.25) is 0 Å². The number of allylic oxidation sites excluding steroid dienone is 1. The molecule has 0 fully saturated rings. The number of thiophene rings is 1. The molecule has 0 amide bonds. The highest BCUT2D eigenvalue weighted by Gasteiger charge is 2.11. The molecule has 0 saturated carbocycles. The van der Waals surface area contributed by atoms with Gasteiger partial charge in [0.15, 0.2) is 0 Å². The molecule has 0 aliphatic heterocycles. The summed E-state index contributed by atoms with van der Waals surface area (Å²) in [4.78, 5) is 1.25. The lowest BCUT2D eigenvalue weighted by atomic mass is 10.1. The first-order chi connectivity index (χ1) is 8.76. The second kappa shape index (κ2) is 6.21. The fraction of sp³-hybridized carbons (Fsp3) is 0.200. The van der Waals surface area contributed by atoms with Crippen LogP contribution in [0.5, 0.6) is 0 Å². The number of hydrogen-bond donors (Lipinski definition) is 0. The summed E-state index contributed by atoms with van der Waals surface area (Å²) in [5, 5.41) is 2.21. The van der Waals surface area contributed by atoms with Crippen molar-refractivity contribution in [2.24, 2.45) is 0 Å². The van der Waals surface area contributed by atoms with Crippen molar-refractivity contribution in [3.63, 3.8) is 0 Å². The molecule has 1 aromatic carbocycles. The number of aryl methyl sites for hydroxylation is 1. The second-order valence-electron chi connectivity index (χ2n) is 3.93. The van der Waals surface area contributed by atoms with E-state index in [2.05, 4.69) is 13.2 Å². The van der Waals surface area contributed by atoms with Gasteiger partial charge in [-0.05, 0) is 36.4 Å². The lowest BCUT2D eigenvalue weighted by Gasteiger charge is -1.96. The van der Waals surface area contributed by atoms with E-state index in [4.69, 9.17) is 0 Å². The lowest BCUT2D eigenvalue weighted by Crippen LogP contribution is -1.79. The third kappa shape index (κ3) is 2.85. The van der Waals surface area contributed by atoms with Gasteiger partial charge >= 0.3 is 0 Å². The number of thioether (sulfide) groups is 1. The van der Waals surface area contributed by atoms with Crippen LogP contribution in [-0.2, 0) is 6.42 Å². The van der Waals surface area contributed by atoms with Crippen LogP contribution in [-0.4, -0.2) is 5.75 Å². The van der Waals surface area contributed by atoms with Crippen molar-refractivity contribution in [2.45, 2.75) is 17.1 Å². The second-order valence-corrected chi connectivity index (χ2v) is 6.32. The Labute approximate surface area is 115 Å². The number of halogens is 1. The largest absolute Gasteiger partial charge is 0.207 e. The molecule has 0 radical (unpaired) electrons. The van der Waals surface area contributed by atoms with E-state index in [0.717, 1.165) is 29.4 Å². The zero-order chi connectivity index (χ0) is 13.0. The molecular formula is C15H15FS2. The molecule has 0 aliphatic carbocycles. The highest BCUT2D eigenvalue weighted by molar-refractivity contribution is 8.01. The van der Waals surface area contributed by atoms with Gasteiger partial charge in [0.1, 0.15) is 5.82 Å². The van der Waals surface area contributed by atoms with E-state index in [-0.39, 0.29) is 5.82 Å². The number of benzene rings is 1. The van der Waals surface area contributed by atoms with E-state index >= 15 is 0 Å². The van der Waals surface area contributed by atoms with Crippen LogP contribution in [0.15, 0.2) is 47.7 Å². The molecule has 1 aromatic heterocycles. The molecule has 18 heavy (non-hydrogen) atoms. The molecule has 0 N–H and O–H groups in total. The molecule has 0 saturated heterocycles. The molecule has 2 rings (SSSR count). The number of fused-ring (bicyclic) bond motifs is 1. The van der Waals surface area contributed by atoms with Gasteiger partial charge < -0.3 is 0 Å². The van der Waals surface area contributed by atoms with Gasteiger partial charge in [-0.25, -0.2) is 4.39 Å². The minimum absolute atomic E-state index is 0.166. The third-order valence-corrected chi connectivity index (χ3v) is 5.19. The minimum atomic E-state index is -0.166. The van der Waals surface area contributed by atoms with E-state index in [0.29, 0.717) is 0 Å². The van der Waals surface area contributed by atoms with Crippen molar-refractivity contribution in [3.8, 4) is 0 Å². The maximum atomic E-state index is 13.4. The van der Waals surface area contributed by atoms with Gasteiger partial charge in [-0.15, -0.1) is 36.3 Å². The van der Waals surface area contributed by atoms with Crippen molar-refractivity contribution in [1.82, 2.24) is 0 Å². The van der Waals surface area contributed by atoms with Crippen molar-refractivity contribution < 1.29 is 4.39 Å². The molecule has 0 spiro atoms. The number of rotatable bonds is 6. The van der Waals surface area contributed by atoms with Crippen molar-refractivity contribution >= 4 is 33.9 Å². The van der Waals surface area contributed by atoms with Crippen LogP contribution < -0.4 is 0 Å². The smallest absolute Gasteiger partial charge is 0.123 e. The quantitative estimate of drug-likeness (QED) is 0.501. The Morgan fingerprint density at radius 1 is 1.22 bits per heavy atom. The average molecular weight is 278 g/mol. The fourth-order valence-electron chi connectivity index (χ4n) is 1.81. The molecule has 3 heteroatoms. The first kappa shape index (κ1) is 13.4. The molecule has 0 nitrogen and oxygen atoms in total. The summed E-state index contributed by atoms with van der Waals surface area (Å²) in [6, 6.07) is 5.05. The average Bonchev–Trinajstić information content (AvgIpc) is 2.71. The Hall–Kier alpha value is -1.06. The van der Waals surface area contributed by atoms with Crippen LogP contribution in [0.3, 0.4) is 0 Å². The Kier molecular flexibility index (Phi) is 4.61. The lowest BCUT2D eigenvalue weighted by molar-refractivity contribution is 0.629. The Bertz CT molecular complexity index is 569. The van der Waals surface area contributed by atoms with Gasteiger partial charge in [-0.2, -0.15) is 0 Å². The SMILES string of the molecule is C=CCCc1sc(SCC=C)c2ccc(F)cc12. The zero-order valence-electron chi connectivity index (χ0n) is 10.1. The molecule has 0 atom stereocenters. The monoisotopic (exact) mass is 278 g/mol. The maximum absolute atomic E-state index is 13.4. The van der Waals surface area contributed by atoms with Crippen LogP contribution in [0.4, 0.5) is 4.39 Å². The van der Waals surface area contributed by atoms with Crippen molar-refractivity contribution in [3.05, 3.63) is 54.2 Å². The van der Waals surface area contributed by atoms with E-state index in [1.54, 1.807) is 29.2 Å². The van der Waals surface area contributed by atoms with Gasteiger partial charge in [0, 0.05) is 16.0 Å². The van der Waals surface area contributed by atoms with Crippen molar-refractivity contribution in [2.75, 3.05) is 5.75 Å². The standard InChI is InChI=1S/C15H15FS2/c1-3-5-6-14-13-10-11(16)7-8-12(13)15(18-14)17-9-4-2/h3-4,7-8,10H,1-2,5-6,9H2. The Morgan fingerprint density at radius 2 is 2.06 bits per heavy atom. The predicted molar refractivity (Wildman–Crippen MR) is 81.2 cm³/mol. The van der Waals surface area contributed by atoms with Crippen LogP contribution in [0.25, 0.3) is 10.8 Å². The molecule has 1 heterocycles. The summed E-state index contributed by atoms with van der Waals surface area (Å²) in [6.45, 7) is 7.48. The highest BCUT2D eigenvalue weighted by atomic mass is 32.2. The summed E-state index contributed by atoms with van der Waals surface area (Å²) in [6.07, 6.45) is 5.66. The third-order valence-electron chi connectivity index (χ3n) is 2.63. The molecule has 0 bridgehead atoms. The summed E-state index contributed by atoms with van der Waals surface area (Å²) in [5.41, 5.74) is 0.